The van der Waals surface area contributed by atoms with E-state index in [2.05, 4.69) is 0 Å². The molecule has 0 spiro atoms. The van der Waals surface area contributed by atoms with Crippen LogP contribution in [-0.2, 0) is 0 Å². The van der Waals surface area contributed by atoms with Crippen molar-refractivity contribution in [1.82, 2.24) is 4.90 Å². The quantitative estimate of drug-likeness (QED) is 0.756. The summed E-state index contributed by atoms with van der Waals surface area (Å²) in [6.07, 6.45) is 3.74. The van der Waals surface area contributed by atoms with E-state index < -0.39 is 0 Å². The van der Waals surface area contributed by atoms with Crippen LogP contribution in [0.4, 0.5) is 0 Å². The lowest BCUT2D eigenvalue weighted by Crippen LogP contribution is -2.42. The first-order valence-electron chi connectivity index (χ1n) is 6.56. The summed E-state index contributed by atoms with van der Waals surface area (Å²) in [4.78, 5) is 14.1. The minimum absolute atomic E-state index is 0.0590. The molecule has 1 aromatic carbocycles. The predicted octanol–water partition coefficient (Wildman–Crippen LogP) is 1.47. The van der Waals surface area contributed by atoms with Crippen molar-refractivity contribution in [2.75, 3.05) is 13.2 Å². The third-order valence-corrected chi connectivity index (χ3v) is 3.50. The maximum Gasteiger partial charge on any atom is 0.254 e. The Balaban J connectivity index is 2.25. The Morgan fingerprint density at radius 2 is 1.84 bits per heavy atom. The van der Waals surface area contributed by atoms with Crippen LogP contribution in [-0.4, -0.2) is 45.3 Å². The van der Waals surface area contributed by atoms with Crippen molar-refractivity contribution in [2.24, 2.45) is 0 Å². The van der Waals surface area contributed by atoms with Gasteiger partial charge in [-0.2, -0.15) is 0 Å². The van der Waals surface area contributed by atoms with Crippen LogP contribution in [0.5, 0.6) is 11.5 Å². The number of likely N-dealkylation sites (tertiary alicyclic amines) is 1. The second kappa shape index (κ2) is 5.93. The highest BCUT2D eigenvalue weighted by Gasteiger charge is 2.26. The summed E-state index contributed by atoms with van der Waals surface area (Å²) in [5.41, 5.74) is 0.248. The second-order valence-electron chi connectivity index (χ2n) is 4.92. The number of hydrogen-bond acceptors (Lipinski definition) is 4. The van der Waals surface area contributed by atoms with Crippen LogP contribution >= 0.6 is 0 Å². The average molecular weight is 265 g/mol. The third kappa shape index (κ3) is 3.17. The number of rotatable bonds is 2. The minimum Gasteiger partial charge on any atom is -0.508 e. The number of aromatic hydroxyl groups is 2. The van der Waals surface area contributed by atoms with Gasteiger partial charge in [0.15, 0.2) is 0 Å². The van der Waals surface area contributed by atoms with Crippen LogP contribution in [0.3, 0.4) is 0 Å². The van der Waals surface area contributed by atoms with Gasteiger partial charge in [0, 0.05) is 18.2 Å². The molecule has 5 nitrogen and oxygen atoms in total. The van der Waals surface area contributed by atoms with Gasteiger partial charge in [0.2, 0.25) is 0 Å². The van der Waals surface area contributed by atoms with E-state index in [1.807, 2.05) is 0 Å². The standard InChI is InChI=1S/C14H19NO4/c16-9-11-4-2-1-3-5-15(11)14(19)10-6-12(17)8-13(18)7-10/h6-8,11,16-18H,1-5,9H2. The molecule has 1 aliphatic rings. The molecule has 1 aromatic rings. The van der Waals surface area contributed by atoms with Gasteiger partial charge in [0.1, 0.15) is 11.5 Å². The van der Waals surface area contributed by atoms with E-state index in [0.29, 0.717) is 6.54 Å². The van der Waals surface area contributed by atoms with Crippen LogP contribution < -0.4 is 0 Å². The molecule has 1 aliphatic heterocycles. The zero-order valence-electron chi connectivity index (χ0n) is 10.7. The maximum absolute atomic E-state index is 12.4. The fraction of sp³-hybridized carbons (Fsp3) is 0.500. The highest BCUT2D eigenvalue weighted by atomic mass is 16.3. The van der Waals surface area contributed by atoms with Crippen molar-refractivity contribution in [3.8, 4) is 11.5 Å². The van der Waals surface area contributed by atoms with E-state index in [9.17, 15) is 20.1 Å². The minimum atomic E-state index is -0.257. The summed E-state index contributed by atoms with van der Waals surface area (Å²) >= 11 is 0. The van der Waals surface area contributed by atoms with Gasteiger partial charge >= 0.3 is 0 Å². The summed E-state index contributed by atoms with van der Waals surface area (Å²) in [5.74, 6) is -0.537. The summed E-state index contributed by atoms with van der Waals surface area (Å²) in [7, 11) is 0. The molecule has 0 radical (unpaired) electrons. The Morgan fingerprint density at radius 1 is 1.16 bits per heavy atom. The van der Waals surface area contributed by atoms with Gasteiger partial charge in [-0.15, -0.1) is 0 Å². The number of nitrogens with zero attached hydrogens (tertiary/aromatic N) is 1. The molecule has 3 N–H and O–H groups in total. The number of phenols is 2. The Labute approximate surface area is 112 Å². The molecule has 5 heteroatoms. The summed E-state index contributed by atoms with van der Waals surface area (Å²) in [5, 5.41) is 28.3. The monoisotopic (exact) mass is 265 g/mol. The van der Waals surface area contributed by atoms with Crippen molar-refractivity contribution >= 4 is 5.91 Å². The van der Waals surface area contributed by atoms with Crippen molar-refractivity contribution in [1.29, 1.82) is 0 Å². The Hall–Kier alpha value is -1.75. The first-order valence-corrected chi connectivity index (χ1v) is 6.56. The van der Waals surface area contributed by atoms with Crippen LogP contribution in [0.2, 0.25) is 0 Å². The molecule has 1 heterocycles. The number of hydrogen-bond donors (Lipinski definition) is 3. The zero-order chi connectivity index (χ0) is 13.8. The molecule has 2 rings (SSSR count). The predicted molar refractivity (Wildman–Crippen MR) is 70.1 cm³/mol. The molecule has 104 valence electrons. The molecular formula is C14H19NO4. The van der Waals surface area contributed by atoms with E-state index in [1.165, 1.54) is 18.2 Å². The molecular weight excluding hydrogens is 246 g/mol. The fourth-order valence-electron chi connectivity index (χ4n) is 2.52. The molecule has 0 aliphatic carbocycles. The topological polar surface area (TPSA) is 81.0 Å². The Morgan fingerprint density at radius 3 is 2.47 bits per heavy atom. The van der Waals surface area contributed by atoms with Crippen LogP contribution in [0.25, 0.3) is 0 Å². The lowest BCUT2D eigenvalue weighted by atomic mass is 10.1. The smallest absolute Gasteiger partial charge is 0.254 e. The lowest BCUT2D eigenvalue weighted by molar-refractivity contribution is 0.0599. The maximum atomic E-state index is 12.4. The van der Waals surface area contributed by atoms with E-state index in [1.54, 1.807) is 4.90 Å². The van der Waals surface area contributed by atoms with Gasteiger partial charge < -0.3 is 20.2 Å². The zero-order valence-corrected chi connectivity index (χ0v) is 10.7. The van der Waals surface area contributed by atoms with Gasteiger partial charge in [-0.1, -0.05) is 12.8 Å². The fourth-order valence-corrected chi connectivity index (χ4v) is 2.52. The first-order chi connectivity index (χ1) is 9.11. The summed E-state index contributed by atoms with van der Waals surface area (Å²) < 4.78 is 0. The molecule has 0 bridgehead atoms. The number of aliphatic hydroxyl groups excluding tert-OH is 1. The van der Waals surface area contributed by atoms with E-state index in [-0.39, 0.29) is 35.6 Å². The van der Waals surface area contributed by atoms with Gasteiger partial charge in [-0.25, -0.2) is 0 Å². The number of carbonyl (C=O) groups is 1. The van der Waals surface area contributed by atoms with Crippen molar-refractivity contribution in [3.63, 3.8) is 0 Å². The highest BCUT2D eigenvalue weighted by molar-refractivity contribution is 5.95. The molecule has 0 aromatic heterocycles. The SMILES string of the molecule is O=C(c1cc(O)cc(O)c1)N1CCCCCC1CO. The van der Waals surface area contributed by atoms with Gasteiger partial charge in [-0.05, 0) is 25.0 Å². The van der Waals surface area contributed by atoms with Gasteiger partial charge in [-0.3, -0.25) is 4.79 Å². The van der Waals surface area contributed by atoms with Crippen molar-refractivity contribution in [3.05, 3.63) is 23.8 Å². The first kappa shape index (κ1) is 13.7. The summed E-state index contributed by atoms with van der Waals surface area (Å²) in [6.45, 7) is 0.539. The van der Waals surface area contributed by atoms with E-state index >= 15 is 0 Å². The van der Waals surface area contributed by atoms with E-state index in [4.69, 9.17) is 0 Å². The van der Waals surface area contributed by atoms with Gasteiger partial charge in [0.25, 0.3) is 5.91 Å². The molecule has 1 saturated heterocycles. The molecule has 1 unspecified atom stereocenters. The number of phenolic OH excluding ortho intramolecular Hbond substituents is 2. The van der Waals surface area contributed by atoms with Crippen molar-refractivity contribution < 1.29 is 20.1 Å². The second-order valence-corrected chi connectivity index (χ2v) is 4.92. The average Bonchev–Trinajstić information content (AvgIpc) is 2.61. The molecule has 1 amide bonds. The number of benzene rings is 1. The molecule has 1 atom stereocenters. The normalized spacial score (nSPS) is 20.1. The Bertz CT molecular complexity index is 441. The number of amides is 1. The van der Waals surface area contributed by atoms with Gasteiger partial charge in [0.05, 0.1) is 12.6 Å². The lowest BCUT2D eigenvalue weighted by Gasteiger charge is -2.28. The molecule has 19 heavy (non-hydrogen) atoms. The third-order valence-electron chi connectivity index (χ3n) is 3.50. The van der Waals surface area contributed by atoms with Crippen LogP contribution in [0, 0.1) is 0 Å². The largest absolute Gasteiger partial charge is 0.508 e. The van der Waals surface area contributed by atoms with Crippen LogP contribution in [0.1, 0.15) is 36.0 Å². The number of carbonyl (C=O) groups excluding carboxylic acids is 1. The Kier molecular flexibility index (Phi) is 4.27. The van der Waals surface area contributed by atoms with Crippen molar-refractivity contribution in [2.45, 2.75) is 31.7 Å². The van der Waals surface area contributed by atoms with E-state index in [0.717, 1.165) is 25.7 Å². The number of aliphatic hydroxyl groups is 1. The summed E-state index contributed by atoms with van der Waals surface area (Å²) in [6, 6.07) is 3.67. The van der Waals surface area contributed by atoms with Crippen LogP contribution in [0.15, 0.2) is 18.2 Å². The molecule has 0 saturated carbocycles. The highest BCUT2D eigenvalue weighted by Crippen LogP contribution is 2.24. The molecule has 1 fully saturated rings.